The zero-order valence-electron chi connectivity index (χ0n) is 19.1. The molecule has 3 aromatic rings. The molecule has 0 atom stereocenters. The second-order valence-electron chi connectivity index (χ2n) is 7.92. The molecular formula is C23H31N7O2S. The van der Waals surface area contributed by atoms with Crippen LogP contribution in [0.3, 0.4) is 0 Å². The Kier molecular flexibility index (Phi) is 8.56. The summed E-state index contributed by atoms with van der Waals surface area (Å²) in [6.45, 7) is 1.06. The van der Waals surface area contributed by atoms with Gasteiger partial charge in [-0.3, -0.25) is 4.79 Å². The van der Waals surface area contributed by atoms with Gasteiger partial charge in [0.15, 0.2) is 0 Å². The minimum Gasteiger partial charge on any atom is -0.491 e. The molecule has 2 heterocycles. The molecule has 0 unspecified atom stereocenters. The lowest BCUT2D eigenvalue weighted by molar-refractivity contribution is -0.115. The Morgan fingerprint density at radius 1 is 1.27 bits per heavy atom. The van der Waals surface area contributed by atoms with E-state index in [2.05, 4.69) is 15.3 Å². The zero-order chi connectivity index (χ0) is 23.8. The van der Waals surface area contributed by atoms with Gasteiger partial charge in [0.1, 0.15) is 22.7 Å². The van der Waals surface area contributed by atoms with Crippen molar-refractivity contribution in [3.63, 3.8) is 0 Å². The van der Waals surface area contributed by atoms with Gasteiger partial charge in [-0.2, -0.15) is 0 Å². The van der Waals surface area contributed by atoms with E-state index in [0.29, 0.717) is 30.2 Å². The van der Waals surface area contributed by atoms with Gasteiger partial charge in [0, 0.05) is 42.5 Å². The number of nitrogens with zero attached hydrogens (tertiary/aromatic N) is 3. The van der Waals surface area contributed by atoms with Crippen LogP contribution < -0.4 is 21.5 Å². The van der Waals surface area contributed by atoms with Gasteiger partial charge < -0.3 is 31.8 Å². The molecule has 1 aliphatic rings. The zero-order valence-corrected chi connectivity index (χ0v) is 19.9. The Bertz CT molecular complexity index is 1110. The van der Waals surface area contributed by atoms with Crippen molar-refractivity contribution in [3.05, 3.63) is 34.5 Å². The molecule has 0 saturated heterocycles. The number of ether oxygens (including phenoxy) is 1. The summed E-state index contributed by atoms with van der Waals surface area (Å²) in [5.41, 5.74) is 14.9. The van der Waals surface area contributed by atoms with Crippen LogP contribution in [0.4, 0.5) is 17.2 Å². The molecule has 176 valence electrons. The fourth-order valence-corrected chi connectivity index (χ4v) is 4.76. The molecule has 0 bridgehead atoms. The number of aromatic nitrogens is 2. The van der Waals surface area contributed by atoms with Crippen LogP contribution in [0.2, 0.25) is 0 Å². The summed E-state index contributed by atoms with van der Waals surface area (Å²) in [5, 5.41) is 12.1. The van der Waals surface area contributed by atoms with E-state index < -0.39 is 0 Å². The highest BCUT2D eigenvalue weighted by Gasteiger charge is 2.20. The molecule has 1 aliphatic carbocycles. The van der Waals surface area contributed by atoms with Crippen molar-refractivity contribution < 1.29 is 9.53 Å². The van der Waals surface area contributed by atoms with E-state index in [0.717, 1.165) is 47.4 Å². The van der Waals surface area contributed by atoms with Gasteiger partial charge in [0.05, 0.1) is 17.7 Å². The first-order chi connectivity index (χ1) is 16.0. The molecule has 9 nitrogen and oxygen atoms in total. The fraction of sp³-hybridized carbons (Fsp3) is 0.391. The first kappa shape index (κ1) is 24.4. The Labute approximate surface area is 197 Å². The molecule has 0 spiro atoms. The minimum absolute atomic E-state index is 0.502. The second kappa shape index (κ2) is 11.6. The highest BCUT2D eigenvalue weighted by Crippen LogP contribution is 2.40. The number of hydrogen-bond acceptors (Lipinski definition) is 9. The summed E-state index contributed by atoms with van der Waals surface area (Å²) >= 11 is 1.76. The lowest BCUT2D eigenvalue weighted by Gasteiger charge is -2.16. The smallest absolute Gasteiger partial charge is 0.209 e. The average molecular weight is 470 g/mol. The highest BCUT2D eigenvalue weighted by molar-refractivity contribution is 7.19. The number of fused-ring (bicyclic) bond motifs is 3. The van der Waals surface area contributed by atoms with E-state index in [9.17, 15) is 4.79 Å². The van der Waals surface area contributed by atoms with Crippen molar-refractivity contribution in [2.45, 2.75) is 32.1 Å². The van der Waals surface area contributed by atoms with Gasteiger partial charge in [-0.05, 0) is 50.3 Å². The van der Waals surface area contributed by atoms with Crippen LogP contribution in [0.1, 0.15) is 35.3 Å². The molecule has 6 N–H and O–H groups in total. The summed E-state index contributed by atoms with van der Waals surface area (Å²) in [7, 11) is 3.38. The molecule has 0 fully saturated rings. The van der Waals surface area contributed by atoms with Crippen molar-refractivity contribution in [3.8, 4) is 5.75 Å². The molecule has 0 aliphatic heterocycles. The first-order valence-corrected chi connectivity index (χ1v) is 11.7. The molecule has 0 saturated carbocycles. The molecule has 1 amide bonds. The van der Waals surface area contributed by atoms with Crippen LogP contribution in [0.15, 0.2) is 18.5 Å². The summed E-state index contributed by atoms with van der Waals surface area (Å²) in [6, 6.07) is 3.58. The molecule has 10 heteroatoms. The van der Waals surface area contributed by atoms with Crippen LogP contribution in [0.25, 0.3) is 10.2 Å². The number of nitrogens with two attached hydrogens (primary N) is 2. The molecule has 1 aromatic carbocycles. The third-order valence-electron chi connectivity index (χ3n) is 5.16. The van der Waals surface area contributed by atoms with E-state index in [4.69, 9.17) is 21.6 Å². The van der Waals surface area contributed by atoms with Gasteiger partial charge in [0.2, 0.25) is 6.41 Å². The Balaban J connectivity index is 0.000000555. The summed E-state index contributed by atoms with van der Waals surface area (Å²) in [5.74, 6) is 1.40. The van der Waals surface area contributed by atoms with Crippen molar-refractivity contribution in [1.82, 2.24) is 14.9 Å². The van der Waals surface area contributed by atoms with Crippen molar-refractivity contribution in [2.75, 3.05) is 38.3 Å². The Morgan fingerprint density at radius 2 is 2.03 bits per heavy atom. The lowest BCUT2D eigenvalue weighted by Crippen LogP contribution is -2.08. The fourth-order valence-electron chi connectivity index (χ4n) is 3.53. The maximum Gasteiger partial charge on any atom is 0.209 e. The number of carbonyl (C=O) groups excluding carboxylic acids is 1. The number of carbonyl (C=O) groups is 1. The Hall–Kier alpha value is -3.24. The third kappa shape index (κ3) is 5.96. The third-order valence-corrected chi connectivity index (χ3v) is 6.36. The van der Waals surface area contributed by atoms with Crippen LogP contribution in [0.5, 0.6) is 5.75 Å². The molecule has 4 rings (SSSR count). The van der Waals surface area contributed by atoms with Gasteiger partial charge in [-0.15, -0.1) is 11.3 Å². The van der Waals surface area contributed by atoms with Crippen LogP contribution in [-0.2, 0) is 17.6 Å². The number of benzene rings is 1. The minimum atomic E-state index is 0.502. The lowest BCUT2D eigenvalue weighted by atomic mass is 9.97. The SMILES string of the molecule is CN(C)C=O.N=Cc1cc(Nc2ncnc3sc4c(c23)CCCC4)c(OCCCN)cc1N. The standard InChI is InChI=1S/C20H24N6OS.C3H7NO/c21-6-3-7-27-16-9-14(23)12(10-22)8-15(16)26-19-18-13-4-1-2-5-17(13)28-20(18)25-11-24-19;1-4(2)3-5/h8-11,22H,1-7,21,23H2,(H,24,25,26);3H,1-2H3. The average Bonchev–Trinajstić information content (AvgIpc) is 3.20. The van der Waals surface area contributed by atoms with E-state index in [1.807, 2.05) is 6.07 Å². The number of aryl methyl sites for hydroxylation is 2. The summed E-state index contributed by atoms with van der Waals surface area (Å²) in [6.07, 6.45) is 8.94. The van der Waals surface area contributed by atoms with E-state index >= 15 is 0 Å². The molecular weight excluding hydrogens is 438 g/mol. The summed E-state index contributed by atoms with van der Waals surface area (Å²) < 4.78 is 5.90. The normalized spacial score (nSPS) is 12.3. The Morgan fingerprint density at radius 3 is 2.73 bits per heavy atom. The molecule has 2 aromatic heterocycles. The van der Waals surface area contributed by atoms with Gasteiger partial charge in [0.25, 0.3) is 0 Å². The number of amides is 1. The molecule has 0 radical (unpaired) electrons. The maximum absolute atomic E-state index is 9.43. The van der Waals surface area contributed by atoms with Gasteiger partial charge in [-0.1, -0.05) is 0 Å². The summed E-state index contributed by atoms with van der Waals surface area (Å²) in [4.78, 5) is 22.3. The maximum atomic E-state index is 9.43. The quantitative estimate of drug-likeness (QED) is 0.171. The van der Waals surface area contributed by atoms with E-state index in [1.165, 1.54) is 34.4 Å². The van der Waals surface area contributed by atoms with Crippen molar-refractivity contribution in [2.24, 2.45) is 5.73 Å². The second-order valence-corrected chi connectivity index (χ2v) is 9.00. The van der Waals surface area contributed by atoms with Gasteiger partial charge >= 0.3 is 0 Å². The topological polar surface area (TPSA) is 143 Å². The molecule has 33 heavy (non-hydrogen) atoms. The van der Waals surface area contributed by atoms with E-state index in [-0.39, 0.29) is 0 Å². The van der Waals surface area contributed by atoms with E-state index in [1.54, 1.807) is 37.8 Å². The number of rotatable bonds is 8. The number of anilines is 3. The van der Waals surface area contributed by atoms with Crippen LogP contribution >= 0.6 is 11.3 Å². The predicted molar refractivity (Wildman–Crippen MR) is 135 cm³/mol. The van der Waals surface area contributed by atoms with Crippen molar-refractivity contribution >= 4 is 51.4 Å². The number of nitrogens with one attached hydrogen (secondary N) is 2. The predicted octanol–water partition coefficient (Wildman–Crippen LogP) is 3.33. The highest BCUT2D eigenvalue weighted by atomic mass is 32.1. The largest absolute Gasteiger partial charge is 0.491 e. The van der Waals surface area contributed by atoms with Crippen molar-refractivity contribution in [1.29, 1.82) is 5.41 Å². The number of thiophene rings is 1. The first-order valence-electron chi connectivity index (χ1n) is 10.9. The monoisotopic (exact) mass is 469 g/mol. The van der Waals surface area contributed by atoms with Gasteiger partial charge in [-0.25, -0.2) is 9.97 Å². The van der Waals surface area contributed by atoms with Crippen LogP contribution in [0, 0.1) is 5.41 Å². The van der Waals surface area contributed by atoms with Crippen LogP contribution in [-0.4, -0.2) is 54.7 Å². The number of nitrogen functional groups attached to an aromatic ring is 1. The number of hydrogen-bond donors (Lipinski definition) is 4.